The first kappa shape index (κ1) is 12.3. The Morgan fingerprint density at radius 1 is 1.12 bits per heavy atom. The van der Waals surface area contributed by atoms with Crippen LogP contribution in [0.15, 0.2) is 12.4 Å². The molecule has 0 amide bonds. The lowest BCUT2D eigenvalue weighted by Gasteiger charge is -2.17. The fraction of sp³-hybridized carbons (Fsp3) is 0.714. The summed E-state index contributed by atoms with van der Waals surface area (Å²) in [5.41, 5.74) is 1.20. The van der Waals surface area contributed by atoms with Gasteiger partial charge in [-0.25, -0.2) is 4.98 Å². The maximum Gasteiger partial charge on any atom is 0.148 e. The fourth-order valence-corrected chi connectivity index (χ4v) is 2.58. The second kappa shape index (κ2) is 6.58. The van der Waals surface area contributed by atoms with Crippen LogP contribution in [0, 0.1) is 0 Å². The second-order valence-electron chi connectivity index (χ2n) is 4.91. The number of rotatable bonds is 4. The summed E-state index contributed by atoms with van der Waals surface area (Å²) in [6, 6.07) is 0. The minimum absolute atomic E-state index is 0.616. The summed E-state index contributed by atoms with van der Waals surface area (Å²) < 4.78 is 0. The van der Waals surface area contributed by atoms with Gasteiger partial charge in [0.25, 0.3) is 0 Å². The summed E-state index contributed by atoms with van der Waals surface area (Å²) in [4.78, 5) is 9.02. The van der Waals surface area contributed by atoms with Crippen LogP contribution < -0.4 is 5.32 Å². The first-order valence-corrected chi connectivity index (χ1v) is 6.96. The molecule has 0 aromatic carbocycles. The van der Waals surface area contributed by atoms with E-state index >= 15 is 0 Å². The average Bonchev–Trinajstić information content (AvgIpc) is 2.65. The molecule has 0 bridgehead atoms. The van der Waals surface area contributed by atoms with E-state index in [1.165, 1.54) is 44.2 Å². The highest BCUT2D eigenvalue weighted by molar-refractivity contribution is 5.41. The SMILES string of the molecule is CCCNc1nccnc1C1CCCCCC1. The molecule has 17 heavy (non-hydrogen) atoms. The molecule has 1 aliphatic rings. The normalized spacial score (nSPS) is 17.7. The van der Waals surface area contributed by atoms with Crippen LogP contribution in [0.3, 0.4) is 0 Å². The summed E-state index contributed by atoms with van der Waals surface area (Å²) in [7, 11) is 0. The van der Waals surface area contributed by atoms with Crippen molar-refractivity contribution in [1.29, 1.82) is 0 Å². The molecule has 0 aliphatic heterocycles. The fourth-order valence-electron chi connectivity index (χ4n) is 2.58. The number of hydrogen-bond donors (Lipinski definition) is 1. The van der Waals surface area contributed by atoms with Crippen molar-refractivity contribution in [3.05, 3.63) is 18.1 Å². The van der Waals surface area contributed by atoms with Crippen molar-refractivity contribution in [1.82, 2.24) is 9.97 Å². The average molecular weight is 233 g/mol. The third-order valence-corrected chi connectivity index (χ3v) is 3.51. The van der Waals surface area contributed by atoms with E-state index in [2.05, 4.69) is 22.2 Å². The topological polar surface area (TPSA) is 37.8 Å². The quantitative estimate of drug-likeness (QED) is 0.805. The molecule has 0 saturated heterocycles. The van der Waals surface area contributed by atoms with Gasteiger partial charge in [-0.3, -0.25) is 4.98 Å². The summed E-state index contributed by atoms with van der Waals surface area (Å²) >= 11 is 0. The Morgan fingerprint density at radius 2 is 1.82 bits per heavy atom. The van der Waals surface area contributed by atoms with E-state index < -0.39 is 0 Å². The van der Waals surface area contributed by atoms with Gasteiger partial charge in [-0.2, -0.15) is 0 Å². The molecule has 1 aromatic heterocycles. The molecule has 2 rings (SSSR count). The molecule has 1 saturated carbocycles. The third-order valence-electron chi connectivity index (χ3n) is 3.51. The molecular weight excluding hydrogens is 210 g/mol. The van der Waals surface area contributed by atoms with Crippen LogP contribution in [0.4, 0.5) is 5.82 Å². The number of aromatic nitrogens is 2. The summed E-state index contributed by atoms with van der Waals surface area (Å²) in [5, 5.41) is 3.41. The highest BCUT2D eigenvalue weighted by Crippen LogP contribution is 2.33. The van der Waals surface area contributed by atoms with Crippen LogP contribution >= 0.6 is 0 Å². The van der Waals surface area contributed by atoms with E-state index in [4.69, 9.17) is 0 Å². The summed E-state index contributed by atoms with van der Waals surface area (Å²) in [6.07, 6.45) is 12.8. The van der Waals surface area contributed by atoms with Crippen molar-refractivity contribution >= 4 is 5.82 Å². The molecule has 3 nitrogen and oxygen atoms in total. The highest BCUT2D eigenvalue weighted by atomic mass is 15.0. The molecule has 1 fully saturated rings. The Kier molecular flexibility index (Phi) is 4.77. The molecule has 3 heteroatoms. The second-order valence-corrected chi connectivity index (χ2v) is 4.91. The maximum absolute atomic E-state index is 4.57. The zero-order valence-corrected chi connectivity index (χ0v) is 10.8. The molecule has 1 N–H and O–H groups in total. The summed E-state index contributed by atoms with van der Waals surface area (Å²) in [6.45, 7) is 3.16. The van der Waals surface area contributed by atoms with Crippen LogP contribution in [0.1, 0.15) is 63.5 Å². The van der Waals surface area contributed by atoms with Crippen molar-refractivity contribution < 1.29 is 0 Å². The third kappa shape index (κ3) is 3.42. The molecule has 94 valence electrons. The van der Waals surface area contributed by atoms with E-state index in [0.29, 0.717) is 5.92 Å². The number of hydrogen-bond acceptors (Lipinski definition) is 3. The van der Waals surface area contributed by atoms with Gasteiger partial charge in [0.15, 0.2) is 0 Å². The first-order chi connectivity index (χ1) is 8.42. The van der Waals surface area contributed by atoms with Gasteiger partial charge in [0.05, 0.1) is 5.69 Å². The van der Waals surface area contributed by atoms with Gasteiger partial charge in [0.2, 0.25) is 0 Å². The Balaban J connectivity index is 2.11. The molecule has 1 aliphatic carbocycles. The van der Waals surface area contributed by atoms with Crippen LogP contribution in [0.25, 0.3) is 0 Å². The predicted molar refractivity (Wildman–Crippen MR) is 71.3 cm³/mol. The monoisotopic (exact) mass is 233 g/mol. The van der Waals surface area contributed by atoms with E-state index in [0.717, 1.165) is 18.8 Å². The molecular formula is C14H23N3. The van der Waals surface area contributed by atoms with Gasteiger partial charge in [-0.1, -0.05) is 32.6 Å². The van der Waals surface area contributed by atoms with Crippen LogP contribution in [-0.4, -0.2) is 16.5 Å². The van der Waals surface area contributed by atoms with Gasteiger partial charge in [0, 0.05) is 24.9 Å². The predicted octanol–water partition coefficient (Wildman–Crippen LogP) is 3.74. The lowest BCUT2D eigenvalue weighted by Crippen LogP contribution is -2.10. The number of anilines is 1. The minimum Gasteiger partial charge on any atom is -0.369 e. The molecule has 0 radical (unpaired) electrons. The van der Waals surface area contributed by atoms with Crippen molar-refractivity contribution in [3.63, 3.8) is 0 Å². The standard InChI is InChI=1S/C14H23N3/c1-2-9-16-14-13(15-10-11-17-14)12-7-5-3-4-6-8-12/h10-12H,2-9H2,1H3,(H,16,17). The van der Waals surface area contributed by atoms with E-state index in [1.54, 1.807) is 6.20 Å². The van der Waals surface area contributed by atoms with Crippen LogP contribution in [0.2, 0.25) is 0 Å². The highest BCUT2D eigenvalue weighted by Gasteiger charge is 2.19. The number of nitrogens with one attached hydrogen (secondary N) is 1. The molecule has 0 atom stereocenters. The molecule has 1 heterocycles. The van der Waals surface area contributed by atoms with E-state index in [9.17, 15) is 0 Å². The van der Waals surface area contributed by atoms with Crippen molar-refractivity contribution in [3.8, 4) is 0 Å². The summed E-state index contributed by atoms with van der Waals surface area (Å²) in [5.74, 6) is 1.63. The lowest BCUT2D eigenvalue weighted by molar-refractivity contribution is 0.576. The maximum atomic E-state index is 4.57. The Hall–Kier alpha value is -1.12. The van der Waals surface area contributed by atoms with Crippen molar-refractivity contribution in [2.45, 2.75) is 57.8 Å². The zero-order chi connectivity index (χ0) is 11.9. The van der Waals surface area contributed by atoms with E-state index in [-0.39, 0.29) is 0 Å². The van der Waals surface area contributed by atoms with Crippen LogP contribution in [-0.2, 0) is 0 Å². The largest absolute Gasteiger partial charge is 0.369 e. The van der Waals surface area contributed by atoms with Gasteiger partial charge < -0.3 is 5.32 Å². The van der Waals surface area contributed by atoms with Gasteiger partial charge >= 0.3 is 0 Å². The molecule has 1 aromatic rings. The Bertz CT molecular complexity index is 330. The van der Waals surface area contributed by atoms with Gasteiger partial charge in [-0.05, 0) is 19.3 Å². The minimum atomic E-state index is 0.616. The Morgan fingerprint density at radius 3 is 2.53 bits per heavy atom. The van der Waals surface area contributed by atoms with Crippen LogP contribution in [0.5, 0.6) is 0 Å². The smallest absolute Gasteiger partial charge is 0.148 e. The molecule has 0 spiro atoms. The van der Waals surface area contributed by atoms with Gasteiger partial charge in [0.1, 0.15) is 5.82 Å². The van der Waals surface area contributed by atoms with Gasteiger partial charge in [-0.15, -0.1) is 0 Å². The van der Waals surface area contributed by atoms with E-state index in [1.807, 2.05) is 6.20 Å². The lowest BCUT2D eigenvalue weighted by atomic mass is 9.96. The van der Waals surface area contributed by atoms with Crippen molar-refractivity contribution in [2.24, 2.45) is 0 Å². The molecule has 0 unspecified atom stereocenters. The number of nitrogens with zero attached hydrogens (tertiary/aromatic N) is 2. The Labute approximate surface area is 104 Å². The zero-order valence-electron chi connectivity index (χ0n) is 10.8. The first-order valence-electron chi connectivity index (χ1n) is 6.96. The van der Waals surface area contributed by atoms with Crippen molar-refractivity contribution in [2.75, 3.05) is 11.9 Å².